The van der Waals surface area contributed by atoms with E-state index in [-0.39, 0.29) is 5.92 Å². The van der Waals surface area contributed by atoms with Crippen molar-refractivity contribution in [3.05, 3.63) is 17.7 Å². The first-order valence-corrected chi connectivity index (χ1v) is 6.37. The molecule has 0 amide bonds. The van der Waals surface area contributed by atoms with E-state index < -0.39 is 0 Å². The Balaban J connectivity index is 2.30. The van der Waals surface area contributed by atoms with Crippen molar-refractivity contribution in [1.82, 2.24) is 9.97 Å². The van der Waals surface area contributed by atoms with Crippen LogP contribution in [0.3, 0.4) is 0 Å². The monoisotopic (exact) mass is 235 g/mol. The van der Waals surface area contributed by atoms with Crippen LogP contribution >= 0.6 is 0 Å². The maximum atomic E-state index is 5.72. The van der Waals surface area contributed by atoms with Crippen LogP contribution in [0, 0.1) is 0 Å². The molecule has 1 saturated carbocycles. The van der Waals surface area contributed by atoms with E-state index in [1.807, 2.05) is 0 Å². The Morgan fingerprint density at radius 3 is 2.76 bits per heavy atom. The van der Waals surface area contributed by atoms with E-state index in [1.165, 1.54) is 25.7 Å². The molecule has 0 radical (unpaired) electrons. The van der Waals surface area contributed by atoms with Crippen LogP contribution < -0.4 is 10.5 Å². The largest absolute Gasteiger partial charge is 0.493 e. The molecule has 1 aliphatic rings. The molecule has 1 aromatic rings. The van der Waals surface area contributed by atoms with Crippen LogP contribution in [0.4, 0.5) is 0 Å². The SMILES string of the molecule is COc1cnc(C2CCCC2)nc1C(C)CN. The fourth-order valence-corrected chi connectivity index (χ4v) is 2.40. The third-order valence-electron chi connectivity index (χ3n) is 3.56. The third-order valence-corrected chi connectivity index (χ3v) is 3.56. The van der Waals surface area contributed by atoms with E-state index in [9.17, 15) is 0 Å². The molecule has 0 spiro atoms. The summed E-state index contributed by atoms with van der Waals surface area (Å²) in [5.74, 6) is 2.47. The van der Waals surface area contributed by atoms with Gasteiger partial charge in [0.2, 0.25) is 0 Å². The van der Waals surface area contributed by atoms with Crippen LogP contribution in [-0.4, -0.2) is 23.6 Å². The van der Waals surface area contributed by atoms with Crippen molar-refractivity contribution in [1.29, 1.82) is 0 Å². The number of nitrogens with zero attached hydrogens (tertiary/aromatic N) is 2. The highest BCUT2D eigenvalue weighted by Crippen LogP contribution is 2.33. The van der Waals surface area contributed by atoms with E-state index in [4.69, 9.17) is 10.5 Å². The molecule has 0 aromatic carbocycles. The van der Waals surface area contributed by atoms with Crippen LogP contribution in [0.5, 0.6) is 5.75 Å². The standard InChI is InChI=1S/C13H21N3O/c1-9(7-14)12-11(17-2)8-15-13(16-12)10-5-3-4-6-10/h8-10H,3-7,14H2,1-2H3. The fourth-order valence-electron chi connectivity index (χ4n) is 2.40. The lowest BCUT2D eigenvalue weighted by Gasteiger charge is -2.15. The molecule has 17 heavy (non-hydrogen) atoms. The second kappa shape index (κ2) is 5.45. The molecule has 0 aliphatic heterocycles. The number of aromatic nitrogens is 2. The van der Waals surface area contributed by atoms with Gasteiger partial charge in [-0.3, -0.25) is 0 Å². The zero-order valence-electron chi connectivity index (χ0n) is 10.6. The van der Waals surface area contributed by atoms with Gasteiger partial charge in [-0.15, -0.1) is 0 Å². The summed E-state index contributed by atoms with van der Waals surface area (Å²) in [6, 6.07) is 0. The minimum atomic E-state index is 0.216. The zero-order chi connectivity index (χ0) is 12.3. The topological polar surface area (TPSA) is 61.0 Å². The van der Waals surface area contributed by atoms with E-state index in [1.54, 1.807) is 13.3 Å². The highest BCUT2D eigenvalue weighted by Gasteiger charge is 2.22. The van der Waals surface area contributed by atoms with Crippen LogP contribution in [-0.2, 0) is 0 Å². The van der Waals surface area contributed by atoms with Gasteiger partial charge < -0.3 is 10.5 Å². The minimum absolute atomic E-state index is 0.216. The molecule has 0 saturated heterocycles. The van der Waals surface area contributed by atoms with Crippen molar-refractivity contribution in [2.75, 3.05) is 13.7 Å². The van der Waals surface area contributed by atoms with Crippen molar-refractivity contribution >= 4 is 0 Å². The van der Waals surface area contributed by atoms with Gasteiger partial charge in [-0.2, -0.15) is 0 Å². The van der Waals surface area contributed by atoms with Gasteiger partial charge in [0.05, 0.1) is 19.0 Å². The minimum Gasteiger partial charge on any atom is -0.493 e. The first kappa shape index (κ1) is 12.3. The molecule has 94 valence electrons. The summed E-state index contributed by atoms with van der Waals surface area (Å²) in [6.45, 7) is 2.65. The summed E-state index contributed by atoms with van der Waals surface area (Å²) in [4.78, 5) is 9.11. The first-order valence-electron chi connectivity index (χ1n) is 6.37. The number of hydrogen-bond acceptors (Lipinski definition) is 4. The molecular formula is C13H21N3O. The van der Waals surface area contributed by atoms with Gasteiger partial charge in [-0.05, 0) is 12.8 Å². The molecule has 1 unspecified atom stereocenters. The molecule has 1 aromatic heterocycles. The van der Waals surface area contributed by atoms with Crippen molar-refractivity contribution in [2.45, 2.75) is 44.4 Å². The molecule has 1 aliphatic carbocycles. The Hall–Kier alpha value is -1.16. The first-order chi connectivity index (χ1) is 8.26. The van der Waals surface area contributed by atoms with E-state index in [2.05, 4.69) is 16.9 Å². The third kappa shape index (κ3) is 2.57. The smallest absolute Gasteiger partial charge is 0.158 e. The zero-order valence-corrected chi connectivity index (χ0v) is 10.6. The summed E-state index contributed by atoms with van der Waals surface area (Å²) in [6.07, 6.45) is 6.80. The predicted molar refractivity (Wildman–Crippen MR) is 67.3 cm³/mol. The quantitative estimate of drug-likeness (QED) is 0.869. The fraction of sp³-hybridized carbons (Fsp3) is 0.692. The molecule has 4 heteroatoms. The van der Waals surface area contributed by atoms with Crippen molar-refractivity contribution in [3.8, 4) is 5.75 Å². The average Bonchev–Trinajstić information content (AvgIpc) is 2.91. The van der Waals surface area contributed by atoms with Gasteiger partial charge in [0.25, 0.3) is 0 Å². The maximum Gasteiger partial charge on any atom is 0.158 e. The average molecular weight is 235 g/mol. The van der Waals surface area contributed by atoms with Gasteiger partial charge in [0.15, 0.2) is 5.75 Å². The van der Waals surface area contributed by atoms with Crippen molar-refractivity contribution in [2.24, 2.45) is 5.73 Å². The molecule has 1 heterocycles. The van der Waals surface area contributed by atoms with E-state index in [0.29, 0.717) is 12.5 Å². The lowest BCUT2D eigenvalue weighted by atomic mass is 10.0. The number of hydrogen-bond donors (Lipinski definition) is 1. The van der Waals surface area contributed by atoms with Gasteiger partial charge >= 0.3 is 0 Å². The lowest BCUT2D eigenvalue weighted by molar-refractivity contribution is 0.399. The molecule has 1 fully saturated rings. The van der Waals surface area contributed by atoms with Crippen LogP contribution in [0.1, 0.15) is 56.0 Å². The van der Waals surface area contributed by atoms with E-state index >= 15 is 0 Å². The Morgan fingerprint density at radius 2 is 2.18 bits per heavy atom. The Bertz CT molecular complexity index is 375. The second-order valence-electron chi connectivity index (χ2n) is 4.80. The van der Waals surface area contributed by atoms with Crippen molar-refractivity contribution in [3.63, 3.8) is 0 Å². The number of ether oxygens (including phenoxy) is 1. The number of rotatable bonds is 4. The lowest BCUT2D eigenvalue weighted by Crippen LogP contribution is -2.14. The van der Waals surface area contributed by atoms with Gasteiger partial charge in [-0.1, -0.05) is 19.8 Å². The predicted octanol–water partition coefficient (Wildman–Crippen LogP) is 2.21. The van der Waals surface area contributed by atoms with Gasteiger partial charge in [0.1, 0.15) is 5.82 Å². The highest BCUT2D eigenvalue weighted by molar-refractivity contribution is 5.28. The second-order valence-corrected chi connectivity index (χ2v) is 4.80. The number of methoxy groups -OCH3 is 1. The summed E-state index contributed by atoms with van der Waals surface area (Å²) in [5.41, 5.74) is 6.67. The molecular weight excluding hydrogens is 214 g/mol. The van der Waals surface area contributed by atoms with Gasteiger partial charge in [-0.25, -0.2) is 9.97 Å². The summed E-state index contributed by atoms with van der Waals surface area (Å²) >= 11 is 0. The van der Waals surface area contributed by atoms with Crippen LogP contribution in [0.15, 0.2) is 6.20 Å². The maximum absolute atomic E-state index is 5.72. The van der Waals surface area contributed by atoms with Gasteiger partial charge in [0, 0.05) is 18.4 Å². The Labute approximate surface area is 103 Å². The Kier molecular flexibility index (Phi) is 3.94. The Morgan fingerprint density at radius 1 is 1.47 bits per heavy atom. The molecule has 0 bridgehead atoms. The van der Waals surface area contributed by atoms with Crippen molar-refractivity contribution < 1.29 is 4.74 Å². The molecule has 2 N–H and O–H groups in total. The summed E-state index contributed by atoms with van der Waals surface area (Å²) in [5, 5.41) is 0. The molecule has 2 rings (SSSR count). The number of nitrogens with two attached hydrogens (primary N) is 1. The summed E-state index contributed by atoms with van der Waals surface area (Å²) < 4.78 is 5.31. The van der Waals surface area contributed by atoms with E-state index in [0.717, 1.165) is 17.3 Å². The highest BCUT2D eigenvalue weighted by atomic mass is 16.5. The summed E-state index contributed by atoms with van der Waals surface area (Å²) in [7, 11) is 1.65. The van der Waals surface area contributed by atoms with Crippen LogP contribution in [0.25, 0.3) is 0 Å². The normalized spacial score (nSPS) is 18.3. The molecule has 1 atom stereocenters. The van der Waals surface area contributed by atoms with Crippen LogP contribution in [0.2, 0.25) is 0 Å². The molecule has 4 nitrogen and oxygen atoms in total.